The van der Waals surface area contributed by atoms with Gasteiger partial charge in [0.25, 0.3) is 5.91 Å². The average molecular weight is 618 g/mol. The standard InChI is InChI=1S/C35H43N3O7/c1-23(2)42-17-18-43-27-14-11-24(12-15-27)33-32(34(40)41)28(25-13-16-29-30(19-25)45-22-44-29)20-37(33)21-31(39)38(35(3,4)5)36-26-9-7-6-8-10-26/h6-16,19,23,28,32-33,36H,17-18,20-22H2,1-5H3,(H,40,41)/t28-,32+,33-/m1/s1. The topological polar surface area (TPSA) is 110 Å². The molecule has 0 unspecified atom stereocenters. The SMILES string of the molecule is CC(C)OCCOc1ccc([C@@H]2[C@@H](C(=O)O)[C@@H](c3ccc4c(c3)OCO4)CN2CC(=O)N(Nc2ccccc2)C(C)(C)C)cc1. The number of carboxylic acid groups (broad SMARTS) is 1. The number of nitrogens with one attached hydrogen (secondary N) is 1. The number of carbonyl (C=O) groups excluding carboxylic acids is 1. The van der Waals surface area contributed by atoms with Crippen LogP contribution in [0, 0.1) is 5.92 Å². The summed E-state index contributed by atoms with van der Waals surface area (Å²) in [6, 6.07) is 22.0. The van der Waals surface area contributed by atoms with Crippen molar-refractivity contribution in [2.75, 3.05) is 38.5 Å². The third-order valence-corrected chi connectivity index (χ3v) is 8.01. The zero-order valence-electron chi connectivity index (χ0n) is 26.6. The molecule has 3 atom stereocenters. The monoisotopic (exact) mass is 617 g/mol. The Labute approximate surface area is 264 Å². The van der Waals surface area contributed by atoms with Crippen LogP contribution in [0.5, 0.6) is 17.2 Å². The van der Waals surface area contributed by atoms with Gasteiger partial charge in [0.15, 0.2) is 11.5 Å². The number of rotatable bonds is 12. The number of para-hydroxylation sites is 1. The molecule has 0 saturated carbocycles. The van der Waals surface area contributed by atoms with Crippen molar-refractivity contribution in [1.82, 2.24) is 9.91 Å². The summed E-state index contributed by atoms with van der Waals surface area (Å²) >= 11 is 0. The lowest BCUT2D eigenvalue weighted by Crippen LogP contribution is -2.52. The van der Waals surface area contributed by atoms with Gasteiger partial charge in [-0.05, 0) is 82.1 Å². The first kappa shape index (κ1) is 32.1. The van der Waals surface area contributed by atoms with Gasteiger partial charge in [0.1, 0.15) is 12.4 Å². The number of carbonyl (C=O) groups is 2. The van der Waals surface area contributed by atoms with Crippen LogP contribution in [-0.4, -0.2) is 71.6 Å². The number of anilines is 1. The Morgan fingerprint density at radius 1 is 0.978 bits per heavy atom. The van der Waals surface area contributed by atoms with Crippen molar-refractivity contribution in [3.63, 3.8) is 0 Å². The molecule has 0 aromatic heterocycles. The molecular weight excluding hydrogens is 574 g/mol. The molecule has 3 aromatic rings. The van der Waals surface area contributed by atoms with Crippen LogP contribution >= 0.6 is 0 Å². The van der Waals surface area contributed by atoms with E-state index in [0.717, 1.165) is 16.8 Å². The quantitative estimate of drug-likeness (QED) is 0.195. The van der Waals surface area contributed by atoms with Crippen LogP contribution in [-0.2, 0) is 14.3 Å². The molecule has 10 nitrogen and oxygen atoms in total. The van der Waals surface area contributed by atoms with Crippen molar-refractivity contribution in [2.24, 2.45) is 5.92 Å². The number of hydrazine groups is 1. The maximum atomic E-state index is 14.1. The van der Waals surface area contributed by atoms with Gasteiger partial charge in [-0.15, -0.1) is 0 Å². The summed E-state index contributed by atoms with van der Waals surface area (Å²) in [6.07, 6.45) is 0.120. The molecule has 3 aromatic carbocycles. The number of likely N-dealkylation sites (tertiary alicyclic amines) is 1. The Bertz CT molecular complexity index is 1460. The first-order valence-corrected chi connectivity index (χ1v) is 15.4. The van der Waals surface area contributed by atoms with E-state index in [1.54, 1.807) is 5.01 Å². The Morgan fingerprint density at radius 2 is 1.67 bits per heavy atom. The largest absolute Gasteiger partial charge is 0.491 e. The lowest BCUT2D eigenvalue weighted by Gasteiger charge is -2.38. The molecule has 0 spiro atoms. The lowest BCUT2D eigenvalue weighted by atomic mass is 9.82. The fourth-order valence-electron chi connectivity index (χ4n) is 5.97. The van der Waals surface area contributed by atoms with Crippen LogP contribution in [0.3, 0.4) is 0 Å². The molecule has 2 N–H and O–H groups in total. The van der Waals surface area contributed by atoms with Gasteiger partial charge >= 0.3 is 5.97 Å². The van der Waals surface area contributed by atoms with E-state index in [2.05, 4.69) is 5.43 Å². The van der Waals surface area contributed by atoms with E-state index < -0.39 is 29.4 Å². The second-order valence-corrected chi connectivity index (χ2v) is 12.7. The first-order valence-electron chi connectivity index (χ1n) is 15.4. The highest BCUT2D eigenvalue weighted by Gasteiger charge is 2.48. The van der Waals surface area contributed by atoms with Crippen molar-refractivity contribution in [2.45, 2.75) is 58.2 Å². The number of fused-ring (bicyclic) bond motifs is 1. The molecule has 240 valence electrons. The van der Waals surface area contributed by atoms with Gasteiger partial charge in [-0.2, -0.15) is 0 Å². The molecular formula is C35H43N3O7. The maximum Gasteiger partial charge on any atom is 0.309 e. The smallest absolute Gasteiger partial charge is 0.309 e. The van der Waals surface area contributed by atoms with E-state index in [4.69, 9.17) is 18.9 Å². The number of aliphatic carboxylic acids is 1. The zero-order valence-corrected chi connectivity index (χ0v) is 26.6. The number of benzene rings is 3. The van der Waals surface area contributed by atoms with Gasteiger partial charge in [-0.25, -0.2) is 5.01 Å². The number of hydrogen-bond acceptors (Lipinski definition) is 8. The molecule has 1 saturated heterocycles. The van der Waals surface area contributed by atoms with Crippen molar-refractivity contribution in [1.29, 1.82) is 0 Å². The predicted octanol–water partition coefficient (Wildman–Crippen LogP) is 5.71. The molecule has 45 heavy (non-hydrogen) atoms. The van der Waals surface area contributed by atoms with Gasteiger partial charge in [0.05, 0.1) is 36.4 Å². The zero-order chi connectivity index (χ0) is 32.1. The fourth-order valence-corrected chi connectivity index (χ4v) is 5.97. The van der Waals surface area contributed by atoms with E-state index >= 15 is 0 Å². The van der Waals surface area contributed by atoms with Gasteiger partial charge in [0, 0.05) is 18.5 Å². The van der Waals surface area contributed by atoms with E-state index in [1.165, 1.54) is 0 Å². The van der Waals surface area contributed by atoms with Gasteiger partial charge in [-0.3, -0.25) is 19.9 Å². The number of carboxylic acids is 1. The van der Waals surface area contributed by atoms with E-state index in [0.29, 0.717) is 37.0 Å². The number of hydrogen-bond donors (Lipinski definition) is 2. The molecule has 1 amide bonds. The number of nitrogens with zero attached hydrogens (tertiary/aromatic N) is 2. The number of ether oxygens (including phenoxy) is 4. The molecule has 5 rings (SSSR count). The summed E-state index contributed by atoms with van der Waals surface area (Å²) in [5.74, 6) is -0.433. The summed E-state index contributed by atoms with van der Waals surface area (Å²) in [5, 5.41) is 12.3. The summed E-state index contributed by atoms with van der Waals surface area (Å²) in [7, 11) is 0. The summed E-state index contributed by atoms with van der Waals surface area (Å²) in [4.78, 5) is 29.1. The molecule has 10 heteroatoms. The predicted molar refractivity (Wildman–Crippen MR) is 170 cm³/mol. The second kappa shape index (κ2) is 13.8. The van der Waals surface area contributed by atoms with E-state index in [9.17, 15) is 14.7 Å². The summed E-state index contributed by atoms with van der Waals surface area (Å²) < 4.78 is 22.5. The van der Waals surface area contributed by atoms with Gasteiger partial charge in [0.2, 0.25) is 6.79 Å². The minimum absolute atomic E-state index is 0.0113. The normalized spacial score (nSPS) is 19.5. The molecule has 0 bridgehead atoms. The van der Waals surface area contributed by atoms with Crippen LogP contribution in [0.2, 0.25) is 0 Å². The van der Waals surface area contributed by atoms with Crippen molar-refractivity contribution < 1.29 is 33.6 Å². The highest BCUT2D eigenvalue weighted by atomic mass is 16.7. The van der Waals surface area contributed by atoms with Crippen molar-refractivity contribution in [3.8, 4) is 17.2 Å². The van der Waals surface area contributed by atoms with Crippen molar-refractivity contribution in [3.05, 3.63) is 83.9 Å². The van der Waals surface area contributed by atoms with Crippen LogP contribution < -0.4 is 19.6 Å². The second-order valence-electron chi connectivity index (χ2n) is 12.7. The van der Waals surface area contributed by atoms with Gasteiger partial charge < -0.3 is 24.1 Å². The minimum atomic E-state index is -0.932. The summed E-state index contributed by atoms with van der Waals surface area (Å²) in [6.45, 7) is 11.2. The third kappa shape index (κ3) is 7.69. The number of amides is 1. The Hall–Kier alpha value is -4.28. The Morgan fingerprint density at radius 3 is 2.33 bits per heavy atom. The Kier molecular flexibility index (Phi) is 9.84. The van der Waals surface area contributed by atoms with Crippen molar-refractivity contribution >= 4 is 17.6 Å². The first-order chi connectivity index (χ1) is 21.5. The van der Waals surface area contributed by atoms with Crippen LogP contribution in [0.25, 0.3) is 0 Å². The van der Waals surface area contributed by atoms with Crippen LogP contribution in [0.4, 0.5) is 5.69 Å². The third-order valence-electron chi connectivity index (χ3n) is 8.01. The lowest BCUT2D eigenvalue weighted by molar-refractivity contribution is -0.144. The average Bonchev–Trinajstić information content (AvgIpc) is 3.63. The highest BCUT2D eigenvalue weighted by molar-refractivity contribution is 5.81. The summed E-state index contributed by atoms with van der Waals surface area (Å²) in [5.41, 5.74) is 5.13. The van der Waals surface area contributed by atoms with Gasteiger partial charge in [-0.1, -0.05) is 36.4 Å². The molecule has 0 radical (unpaired) electrons. The van der Waals surface area contributed by atoms with E-state index in [1.807, 2.05) is 112 Å². The molecule has 1 fully saturated rings. The fraction of sp³-hybridized carbons (Fsp3) is 0.429. The highest BCUT2D eigenvalue weighted by Crippen LogP contribution is 2.48. The maximum absolute atomic E-state index is 14.1. The van der Waals surface area contributed by atoms with Crippen LogP contribution in [0.15, 0.2) is 72.8 Å². The minimum Gasteiger partial charge on any atom is -0.491 e. The molecule has 2 heterocycles. The van der Waals surface area contributed by atoms with E-state index in [-0.39, 0.29) is 25.3 Å². The Balaban J connectivity index is 1.45. The molecule has 2 aliphatic rings. The molecule has 2 aliphatic heterocycles. The molecule has 0 aliphatic carbocycles. The van der Waals surface area contributed by atoms with Crippen LogP contribution in [0.1, 0.15) is 57.7 Å².